The van der Waals surface area contributed by atoms with Crippen molar-refractivity contribution < 1.29 is 4.74 Å². The minimum atomic E-state index is -0.238. The highest BCUT2D eigenvalue weighted by Crippen LogP contribution is 2.23. The average Bonchev–Trinajstić information content (AvgIpc) is 2.46. The summed E-state index contributed by atoms with van der Waals surface area (Å²) in [5.41, 5.74) is 1.99. The minimum Gasteiger partial charge on any atom is -0.370 e. The Morgan fingerprint density at radius 1 is 1.20 bits per heavy atom. The van der Waals surface area contributed by atoms with Gasteiger partial charge in [-0.25, -0.2) is 9.97 Å². The molecule has 0 aliphatic carbocycles. The lowest BCUT2D eigenvalue weighted by Crippen LogP contribution is -2.12. The van der Waals surface area contributed by atoms with E-state index in [1.807, 2.05) is 43.3 Å². The molecule has 1 N–H and O–H groups in total. The maximum absolute atomic E-state index is 5.58. The van der Waals surface area contributed by atoms with E-state index >= 15 is 0 Å². The van der Waals surface area contributed by atoms with E-state index in [2.05, 4.69) is 22.2 Å². The summed E-state index contributed by atoms with van der Waals surface area (Å²) in [4.78, 5) is 9.08. The van der Waals surface area contributed by atoms with Crippen molar-refractivity contribution in [3.8, 4) is 0 Å². The van der Waals surface area contributed by atoms with Crippen LogP contribution in [0.25, 0.3) is 0 Å². The van der Waals surface area contributed by atoms with Crippen molar-refractivity contribution in [1.82, 2.24) is 9.97 Å². The zero-order valence-electron chi connectivity index (χ0n) is 12.3. The van der Waals surface area contributed by atoms with Gasteiger partial charge >= 0.3 is 0 Å². The second kappa shape index (κ2) is 7.01. The molecule has 2 aromatic rings. The largest absolute Gasteiger partial charge is 0.370 e. The first-order valence-electron chi connectivity index (χ1n) is 6.91. The molecule has 0 spiro atoms. The summed E-state index contributed by atoms with van der Waals surface area (Å²) < 4.78 is 5.58. The molecule has 2 rings (SSSR count). The topological polar surface area (TPSA) is 47.0 Å². The van der Waals surface area contributed by atoms with Gasteiger partial charge in [0.2, 0.25) is 0 Å². The van der Waals surface area contributed by atoms with Crippen molar-refractivity contribution in [2.75, 3.05) is 19.0 Å². The third-order valence-electron chi connectivity index (χ3n) is 3.00. The van der Waals surface area contributed by atoms with Gasteiger partial charge in [-0.05, 0) is 18.9 Å². The molecule has 1 aromatic carbocycles. The van der Waals surface area contributed by atoms with E-state index in [9.17, 15) is 0 Å². The minimum absolute atomic E-state index is 0.238. The number of aromatic nitrogens is 2. The molecule has 0 radical (unpaired) electrons. The monoisotopic (exact) mass is 271 g/mol. The standard InChI is InChI=1S/C16H21N3O/c1-4-10-17-14-11-12(2)18-16(19-14)15(20-3)13-8-6-5-7-9-13/h5-9,11,15H,4,10H2,1-3H3,(H,17,18,19). The lowest BCUT2D eigenvalue weighted by Gasteiger charge is -2.16. The Labute approximate surface area is 120 Å². The second-order valence-electron chi connectivity index (χ2n) is 4.71. The lowest BCUT2D eigenvalue weighted by atomic mass is 10.1. The Balaban J connectivity index is 2.32. The van der Waals surface area contributed by atoms with E-state index in [0.717, 1.165) is 30.0 Å². The highest BCUT2D eigenvalue weighted by molar-refractivity contribution is 5.37. The number of ether oxygens (including phenoxy) is 1. The van der Waals surface area contributed by atoms with Crippen molar-refractivity contribution in [3.63, 3.8) is 0 Å². The number of nitrogens with one attached hydrogen (secondary N) is 1. The molecule has 0 saturated carbocycles. The van der Waals surface area contributed by atoms with Crippen LogP contribution >= 0.6 is 0 Å². The summed E-state index contributed by atoms with van der Waals surface area (Å²) in [6.07, 6.45) is 0.823. The van der Waals surface area contributed by atoms with Crippen LogP contribution in [0.3, 0.4) is 0 Å². The summed E-state index contributed by atoms with van der Waals surface area (Å²) >= 11 is 0. The Bertz CT molecular complexity index is 543. The number of hydrogen-bond donors (Lipinski definition) is 1. The van der Waals surface area contributed by atoms with Gasteiger partial charge in [-0.1, -0.05) is 37.3 Å². The molecule has 0 fully saturated rings. The summed E-state index contributed by atoms with van der Waals surface area (Å²) in [5.74, 6) is 1.55. The van der Waals surface area contributed by atoms with Crippen LogP contribution in [0.15, 0.2) is 36.4 Å². The molecule has 0 saturated heterocycles. The summed E-state index contributed by atoms with van der Waals surface area (Å²) in [6, 6.07) is 12.0. The maximum Gasteiger partial charge on any atom is 0.164 e. The first kappa shape index (κ1) is 14.5. The van der Waals surface area contributed by atoms with Crippen LogP contribution in [-0.4, -0.2) is 23.6 Å². The lowest BCUT2D eigenvalue weighted by molar-refractivity contribution is 0.129. The Kier molecular flexibility index (Phi) is 5.07. The smallest absolute Gasteiger partial charge is 0.164 e. The quantitative estimate of drug-likeness (QED) is 0.875. The molecule has 4 nitrogen and oxygen atoms in total. The number of aryl methyl sites for hydroxylation is 1. The molecule has 1 unspecified atom stereocenters. The van der Waals surface area contributed by atoms with Gasteiger partial charge in [-0.3, -0.25) is 0 Å². The normalized spacial score (nSPS) is 12.2. The molecule has 0 amide bonds. The van der Waals surface area contributed by atoms with Crippen LogP contribution in [0.2, 0.25) is 0 Å². The van der Waals surface area contributed by atoms with Crippen molar-refractivity contribution in [2.45, 2.75) is 26.4 Å². The molecular weight excluding hydrogens is 250 g/mol. The second-order valence-corrected chi connectivity index (χ2v) is 4.71. The van der Waals surface area contributed by atoms with Crippen LogP contribution in [0.5, 0.6) is 0 Å². The molecule has 20 heavy (non-hydrogen) atoms. The van der Waals surface area contributed by atoms with Gasteiger partial charge in [-0.15, -0.1) is 0 Å². The zero-order valence-corrected chi connectivity index (χ0v) is 12.3. The van der Waals surface area contributed by atoms with Gasteiger partial charge < -0.3 is 10.1 Å². The number of nitrogens with zero attached hydrogens (tertiary/aromatic N) is 2. The number of rotatable bonds is 6. The third-order valence-corrected chi connectivity index (χ3v) is 3.00. The van der Waals surface area contributed by atoms with E-state index in [1.165, 1.54) is 0 Å². The molecule has 0 aliphatic heterocycles. The number of anilines is 1. The van der Waals surface area contributed by atoms with Crippen LogP contribution in [0.1, 0.15) is 36.5 Å². The zero-order chi connectivity index (χ0) is 14.4. The third kappa shape index (κ3) is 3.54. The average molecular weight is 271 g/mol. The van der Waals surface area contributed by atoms with Crippen molar-refractivity contribution in [1.29, 1.82) is 0 Å². The summed E-state index contributed by atoms with van der Waals surface area (Å²) in [5, 5.41) is 3.30. The SMILES string of the molecule is CCCNc1cc(C)nc(C(OC)c2ccccc2)n1. The predicted octanol–water partition coefficient (Wildman–Crippen LogP) is 3.34. The van der Waals surface area contributed by atoms with E-state index < -0.39 is 0 Å². The highest BCUT2D eigenvalue weighted by atomic mass is 16.5. The first-order valence-corrected chi connectivity index (χ1v) is 6.91. The molecule has 1 heterocycles. The molecule has 1 atom stereocenters. The van der Waals surface area contributed by atoms with Crippen molar-refractivity contribution >= 4 is 5.82 Å². The summed E-state index contributed by atoms with van der Waals surface area (Å²) in [6.45, 7) is 5.00. The Morgan fingerprint density at radius 3 is 2.60 bits per heavy atom. The molecule has 0 bridgehead atoms. The molecule has 106 valence electrons. The van der Waals surface area contributed by atoms with Crippen molar-refractivity contribution in [2.24, 2.45) is 0 Å². The molecule has 4 heteroatoms. The van der Waals surface area contributed by atoms with Gasteiger partial charge in [0.05, 0.1) is 0 Å². The fourth-order valence-electron chi connectivity index (χ4n) is 2.07. The van der Waals surface area contributed by atoms with E-state index in [1.54, 1.807) is 7.11 Å². The molecule has 1 aromatic heterocycles. The Hall–Kier alpha value is -1.94. The van der Waals surface area contributed by atoms with Gasteiger partial charge in [-0.2, -0.15) is 0 Å². The predicted molar refractivity (Wildman–Crippen MR) is 80.8 cm³/mol. The Morgan fingerprint density at radius 2 is 1.95 bits per heavy atom. The maximum atomic E-state index is 5.58. The molecule has 0 aliphatic rings. The van der Waals surface area contributed by atoms with Crippen LogP contribution in [0, 0.1) is 6.92 Å². The van der Waals surface area contributed by atoms with Crippen LogP contribution < -0.4 is 5.32 Å². The van der Waals surface area contributed by atoms with Crippen LogP contribution in [0.4, 0.5) is 5.82 Å². The van der Waals surface area contributed by atoms with Gasteiger partial charge in [0.25, 0.3) is 0 Å². The van der Waals surface area contributed by atoms with Gasteiger partial charge in [0.15, 0.2) is 5.82 Å². The van der Waals surface area contributed by atoms with Crippen molar-refractivity contribution in [3.05, 3.63) is 53.5 Å². The number of benzene rings is 1. The fourth-order valence-corrected chi connectivity index (χ4v) is 2.07. The van der Waals surface area contributed by atoms with Crippen LogP contribution in [-0.2, 0) is 4.74 Å². The van der Waals surface area contributed by atoms with E-state index in [0.29, 0.717) is 5.82 Å². The summed E-state index contributed by atoms with van der Waals surface area (Å²) in [7, 11) is 1.68. The van der Waals surface area contributed by atoms with E-state index in [-0.39, 0.29) is 6.10 Å². The van der Waals surface area contributed by atoms with Gasteiger partial charge in [0, 0.05) is 25.4 Å². The fraction of sp³-hybridized carbons (Fsp3) is 0.375. The highest BCUT2D eigenvalue weighted by Gasteiger charge is 2.17. The van der Waals surface area contributed by atoms with Gasteiger partial charge in [0.1, 0.15) is 11.9 Å². The van der Waals surface area contributed by atoms with E-state index in [4.69, 9.17) is 4.74 Å². The molecular formula is C16H21N3O. The number of hydrogen-bond acceptors (Lipinski definition) is 4. The first-order chi connectivity index (χ1) is 9.74. The number of methoxy groups -OCH3 is 1.